The Balaban J connectivity index is 1.95. The maximum absolute atomic E-state index is 5.93. The largest absolute Gasteiger partial charge is 0.374 e. The Labute approximate surface area is 103 Å². The van der Waals surface area contributed by atoms with Crippen LogP contribution in [0.4, 0.5) is 0 Å². The molecule has 0 spiro atoms. The molecule has 0 aliphatic carbocycles. The number of nitrogens with zero attached hydrogens (tertiary/aromatic N) is 2. The van der Waals surface area contributed by atoms with Crippen LogP contribution in [0.3, 0.4) is 0 Å². The molecule has 1 aliphatic heterocycles. The van der Waals surface area contributed by atoms with E-state index in [2.05, 4.69) is 30.5 Å². The van der Waals surface area contributed by atoms with Crippen molar-refractivity contribution >= 4 is 0 Å². The van der Waals surface area contributed by atoms with E-state index in [0.717, 1.165) is 19.4 Å². The van der Waals surface area contributed by atoms with E-state index in [-0.39, 0.29) is 0 Å². The van der Waals surface area contributed by atoms with E-state index < -0.39 is 0 Å². The van der Waals surface area contributed by atoms with Gasteiger partial charge in [0.05, 0.1) is 18.4 Å². The summed E-state index contributed by atoms with van der Waals surface area (Å²) < 4.78 is 7.90. The van der Waals surface area contributed by atoms with Crippen molar-refractivity contribution in [2.24, 2.45) is 0 Å². The van der Waals surface area contributed by atoms with Gasteiger partial charge in [-0.2, -0.15) is 5.10 Å². The van der Waals surface area contributed by atoms with E-state index >= 15 is 0 Å². The summed E-state index contributed by atoms with van der Waals surface area (Å²) >= 11 is 0. The molecular weight excluding hydrogens is 214 g/mol. The van der Waals surface area contributed by atoms with Crippen molar-refractivity contribution in [3.05, 3.63) is 18.0 Å². The summed E-state index contributed by atoms with van der Waals surface area (Å²) in [5.74, 6) is 0. The summed E-state index contributed by atoms with van der Waals surface area (Å²) in [6.07, 6.45) is 8.18. The highest BCUT2D eigenvalue weighted by atomic mass is 16.5. The number of hydrogen-bond donors (Lipinski definition) is 1. The normalized spacial score (nSPS) is 26.3. The molecule has 17 heavy (non-hydrogen) atoms. The molecule has 1 aromatic rings. The topological polar surface area (TPSA) is 39.1 Å². The molecular formula is C13H23N3O. The molecule has 2 heterocycles. The highest BCUT2D eigenvalue weighted by Crippen LogP contribution is 2.23. The summed E-state index contributed by atoms with van der Waals surface area (Å²) in [4.78, 5) is 0. The van der Waals surface area contributed by atoms with Crippen LogP contribution in [0.15, 0.2) is 12.4 Å². The van der Waals surface area contributed by atoms with Crippen LogP contribution in [-0.2, 0) is 17.7 Å². The van der Waals surface area contributed by atoms with Crippen LogP contribution in [0.25, 0.3) is 0 Å². The Hall–Kier alpha value is -0.870. The average Bonchev–Trinajstić information content (AvgIpc) is 2.94. The minimum absolute atomic E-state index is 0.347. The molecule has 0 bridgehead atoms. The van der Waals surface area contributed by atoms with Gasteiger partial charge in [-0.25, -0.2) is 0 Å². The lowest BCUT2D eigenvalue weighted by Gasteiger charge is -2.22. The zero-order valence-corrected chi connectivity index (χ0v) is 11.0. The number of likely N-dealkylation sites (N-methyl/N-ethyl adjacent to an activating group) is 1. The maximum Gasteiger partial charge on any atom is 0.0735 e. The highest BCUT2D eigenvalue weighted by Gasteiger charge is 2.28. The lowest BCUT2D eigenvalue weighted by molar-refractivity contribution is 0.0337. The molecule has 1 N–H and O–H groups in total. The average molecular weight is 237 g/mol. The fourth-order valence-electron chi connectivity index (χ4n) is 2.49. The monoisotopic (exact) mass is 237 g/mol. The molecule has 1 aromatic heterocycles. The summed E-state index contributed by atoms with van der Waals surface area (Å²) in [5.41, 5.74) is 1.29. The van der Waals surface area contributed by atoms with Gasteiger partial charge in [0.25, 0.3) is 0 Å². The fraction of sp³-hybridized carbons (Fsp3) is 0.769. The lowest BCUT2D eigenvalue weighted by Crippen LogP contribution is -2.39. The van der Waals surface area contributed by atoms with E-state index in [1.54, 1.807) is 0 Å². The second kappa shape index (κ2) is 5.65. The molecule has 0 aromatic carbocycles. The predicted molar refractivity (Wildman–Crippen MR) is 68.0 cm³/mol. The van der Waals surface area contributed by atoms with E-state index in [9.17, 15) is 0 Å². The zero-order valence-electron chi connectivity index (χ0n) is 11.0. The van der Waals surface area contributed by atoms with Crippen molar-refractivity contribution in [3.63, 3.8) is 0 Å². The minimum atomic E-state index is 0.347. The molecule has 96 valence electrons. The quantitative estimate of drug-likeness (QED) is 0.845. The molecule has 1 aliphatic rings. The number of aryl methyl sites for hydroxylation is 1. The van der Waals surface area contributed by atoms with E-state index in [1.165, 1.54) is 12.0 Å². The Morgan fingerprint density at radius 2 is 2.41 bits per heavy atom. The van der Waals surface area contributed by atoms with Gasteiger partial charge in [0, 0.05) is 18.8 Å². The van der Waals surface area contributed by atoms with Crippen molar-refractivity contribution in [2.45, 2.75) is 57.9 Å². The van der Waals surface area contributed by atoms with Crippen LogP contribution < -0.4 is 5.32 Å². The van der Waals surface area contributed by atoms with Crippen LogP contribution in [0, 0.1) is 0 Å². The first-order valence-corrected chi connectivity index (χ1v) is 6.57. The predicted octanol–water partition coefficient (Wildman–Crippen LogP) is 1.60. The summed E-state index contributed by atoms with van der Waals surface area (Å²) in [7, 11) is 2.02. The van der Waals surface area contributed by atoms with Crippen molar-refractivity contribution < 1.29 is 4.74 Å². The van der Waals surface area contributed by atoms with Gasteiger partial charge >= 0.3 is 0 Å². The first kappa shape index (κ1) is 12.6. The molecule has 2 rings (SSSR count). The molecule has 3 atom stereocenters. The van der Waals surface area contributed by atoms with E-state index in [4.69, 9.17) is 4.74 Å². The Morgan fingerprint density at radius 3 is 2.94 bits per heavy atom. The Morgan fingerprint density at radius 1 is 1.59 bits per heavy atom. The number of hydrogen-bond acceptors (Lipinski definition) is 3. The number of rotatable bonds is 5. The standard InChI is InChI=1S/C13H23N3O/c1-4-16-9-11(8-15-16)7-12(14-3)13-6-5-10(2)17-13/h8-10,12-14H,4-7H2,1-3H3. The summed E-state index contributed by atoms with van der Waals surface area (Å²) in [6.45, 7) is 5.19. The lowest BCUT2D eigenvalue weighted by atomic mass is 10.0. The third kappa shape index (κ3) is 3.07. The number of nitrogens with one attached hydrogen (secondary N) is 1. The Bertz CT molecular complexity index is 350. The van der Waals surface area contributed by atoms with Gasteiger partial charge < -0.3 is 10.1 Å². The third-order valence-electron chi connectivity index (χ3n) is 3.55. The van der Waals surface area contributed by atoms with Gasteiger partial charge in [-0.3, -0.25) is 4.68 Å². The number of aromatic nitrogens is 2. The van der Waals surface area contributed by atoms with E-state index in [0.29, 0.717) is 18.2 Å². The van der Waals surface area contributed by atoms with Gasteiger partial charge in [0.15, 0.2) is 0 Å². The highest BCUT2D eigenvalue weighted by molar-refractivity contribution is 5.07. The molecule has 4 heteroatoms. The van der Waals surface area contributed by atoms with Gasteiger partial charge in [0.2, 0.25) is 0 Å². The van der Waals surface area contributed by atoms with Gasteiger partial charge in [-0.05, 0) is 45.7 Å². The second-order valence-corrected chi connectivity index (χ2v) is 4.87. The first-order valence-electron chi connectivity index (χ1n) is 6.57. The summed E-state index contributed by atoms with van der Waals surface area (Å²) in [6, 6.07) is 0.398. The molecule has 3 unspecified atom stereocenters. The van der Waals surface area contributed by atoms with Gasteiger partial charge in [0.1, 0.15) is 0 Å². The molecule has 0 amide bonds. The molecule has 1 saturated heterocycles. The SMILES string of the molecule is CCn1cc(CC(NC)C2CCC(C)O2)cn1. The smallest absolute Gasteiger partial charge is 0.0735 e. The summed E-state index contributed by atoms with van der Waals surface area (Å²) in [5, 5.41) is 7.69. The molecule has 0 radical (unpaired) electrons. The first-order chi connectivity index (χ1) is 8.22. The number of ether oxygens (including phenoxy) is 1. The minimum Gasteiger partial charge on any atom is -0.374 e. The van der Waals surface area contributed by atoms with Gasteiger partial charge in [-0.1, -0.05) is 0 Å². The van der Waals surface area contributed by atoms with E-state index in [1.807, 2.05) is 17.9 Å². The van der Waals surface area contributed by atoms with Crippen molar-refractivity contribution in [2.75, 3.05) is 7.05 Å². The van der Waals surface area contributed by atoms with Crippen LogP contribution in [0.5, 0.6) is 0 Å². The maximum atomic E-state index is 5.93. The fourth-order valence-corrected chi connectivity index (χ4v) is 2.49. The van der Waals surface area contributed by atoms with Gasteiger partial charge in [-0.15, -0.1) is 0 Å². The van der Waals surface area contributed by atoms with Crippen molar-refractivity contribution in [1.29, 1.82) is 0 Å². The van der Waals surface area contributed by atoms with Crippen LogP contribution in [0.1, 0.15) is 32.3 Å². The third-order valence-corrected chi connectivity index (χ3v) is 3.55. The van der Waals surface area contributed by atoms with Crippen LogP contribution in [0.2, 0.25) is 0 Å². The van der Waals surface area contributed by atoms with Crippen LogP contribution in [-0.4, -0.2) is 35.1 Å². The van der Waals surface area contributed by atoms with Crippen LogP contribution >= 0.6 is 0 Å². The molecule has 1 fully saturated rings. The Kier molecular flexibility index (Phi) is 4.18. The van der Waals surface area contributed by atoms with Crippen molar-refractivity contribution in [3.8, 4) is 0 Å². The molecule has 0 saturated carbocycles. The molecule has 4 nitrogen and oxygen atoms in total. The zero-order chi connectivity index (χ0) is 12.3. The second-order valence-electron chi connectivity index (χ2n) is 4.87. The van der Waals surface area contributed by atoms with Crippen molar-refractivity contribution in [1.82, 2.24) is 15.1 Å².